The molecule has 0 N–H and O–H groups in total. The summed E-state index contributed by atoms with van der Waals surface area (Å²) in [5, 5.41) is 0. The van der Waals surface area contributed by atoms with Gasteiger partial charge >= 0.3 is 6.03 Å². The second-order valence-electron chi connectivity index (χ2n) is 3.55. The second-order valence-corrected chi connectivity index (χ2v) is 3.55. The Morgan fingerprint density at radius 1 is 1.53 bits per heavy atom. The molecule has 0 spiro atoms. The van der Waals surface area contributed by atoms with Crippen molar-refractivity contribution >= 4 is 6.03 Å². The van der Waals surface area contributed by atoms with Crippen LogP contribution in [-0.2, 0) is 4.74 Å². The molecule has 2 amide bonds. The fourth-order valence-electron chi connectivity index (χ4n) is 1.68. The number of ether oxygens (including phenoxy) is 1. The van der Waals surface area contributed by atoms with Crippen molar-refractivity contribution in [3.63, 3.8) is 0 Å². The monoisotopic (exact) mass is 218 g/mol. The van der Waals surface area contributed by atoms with Crippen molar-refractivity contribution in [2.24, 2.45) is 0 Å². The number of rotatable bonds is 3. The third-order valence-electron chi connectivity index (χ3n) is 2.62. The summed E-state index contributed by atoms with van der Waals surface area (Å²) >= 11 is 0. The zero-order chi connectivity index (χ0) is 11.3. The fourth-order valence-corrected chi connectivity index (χ4v) is 1.68. The number of hydrogen-bond acceptors (Lipinski definition) is 2. The van der Waals surface area contributed by atoms with Gasteiger partial charge in [-0.2, -0.15) is 0 Å². The SMILES string of the molecule is CCN(CC)C(=O)N1CCO[C@H](CF)C1. The van der Waals surface area contributed by atoms with E-state index in [9.17, 15) is 9.18 Å². The number of amides is 2. The average Bonchev–Trinajstić information content (AvgIpc) is 2.30. The summed E-state index contributed by atoms with van der Waals surface area (Å²) < 4.78 is 17.6. The Balaban J connectivity index is 2.51. The van der Waals surface area contributed by atoms with E-state index in [0.717, 1.165) is 0 Å². The highest BCUT2D eigenvalue weighted by Gasteiger charge is 2.26. The van der Waals surface area contributed by atoms with Gasteiger partial charge in [0.1, 0.15) is 12.8 Å². The van der Waals surface area contributed by atoms with Crippen molar-refractivity contribution < 1.29 is 13.9 Å². The van der Waals surface area contributed by atoms with Crippen LogP contribution in [0, 0.1) is 0 Å². The summed E-state index contributed by atoms with van der Waals surface area (Å²) in [5.41, 5.74) is 0. The highest BCUT2D eigenvalue weighted by atomic mass is 19.1. The summed E-state index contributed by atoms with van der Waals surface area (Å²) in [7, 11) is 0. The molecule has 1 heterocycles. The van der Waals surface area contributed by atoms with E-state index >= 15 is 0 Å². The standard InChI is InChI=1S/C10H19FN2O2/c1-3-12(4-2)10(14)13-5-6-15-9(7-11)8-13/h9H,3-8H2,1-2H3/t9-/m1/s1. The zero-order valence-corrected chi connectivity index (χ0v) is 9.41. The predicted octanol–water partition coefficient (Wildman–Crippen LogP) is 1.12. The van der Waals surface area contributed by atoms with Gasteiger partial charge < -0.3 is 14.5 Å². The molecule has 88 valence electrons. The smallest absolute Gasteiger partial charge is 0.320 e. The molecule has 0 saturated carbocycles. The molecule has 5 heteroatoms. The molecule has 0 aromatic heterocycles. The Kier molecular flexibility index (Phi) is 4.81. The number of nitrogens with zero attached hydrogens (tertiary/aromatic N) is 2. The molecule has 0 aromatic rings. The lowest BCUT2D eigenvalue weighted by Gasteiger charge is -2.35. The predicted molar refractivity (Wildman–Crippen MR) is 55.6 cm³/mol. The Labute approximate surface area is 90.0 Å². The van der Waals surface area contributed by atoms with Gasteiger partial charge in [-0.1, -0.05) is 0 Å². The van der Waals surface area contributed by atoms with Gasteiger partial charge in [0.05, 0.1) is 13.2 Å². The van der Waals surface area contributed by atoms with Gasteiger partial charge in [0.15, 0.2) is 0 Å². The fraction of sp³-hybridized carbons (Fsp3) is 0.900. The van der Waals surface area contributed by atoms with Crippen LogP contribution in [0.2, 0.25) is 0 Å². The molecule has 0 radical (unpaired) electrons. The number of urea groups is 1. The normalized spacial score (nSPS) is 21.5. The molecule has 1 fully saturated rings. The molecule has 15 heavy (non-hydrogen) atoms. The Morgan fingerprint density at radius 3 is 2.73 bits per heavy atom. The van der Waals surface area contributed by atoms with E-state index in [2.05, 4.69) is 0 Å². The first kappa shape index (κ1) is 12.2. The summed E-state index contributed by atoms with van der Waals surface area (Å²) in [4.78, 5) is 15.3. The number of morpholine rings is 1. The lowest BCUT2D eigenvalue weighted by Crippen LogP contribution is -2.51. The lowest BCUT2D eigenvalue weighted by atomic mass is 10.3. The van der Waals surface area contributed by atoms with Crippen molar-refractivity contribution in [2.45, 2.75) is 20.0 Å². The van der Waals surface area contributed by atoms with Crippen LogP contribution in [0.1, 0.15) is 13.8 Å². The maximum Gasteiger partial charge on any atom is 0.320 e. The number of halogens is 1. The minimum Gasteiger partial charge on any atom is -0.372 e. The first-order valence-corrected chi connectivity index (χ1v) is 5.44. The highest BCUT2D eigenvalue weighted by Crippen LogP contribution is 2.08. The van der Waals surface area contributed by atoms with Crippen LogP contribution in [0.5, 0.6) is 0 Å². The van der Waals surface area contributed by atoms with Crippen LogP contribution >= 0.6 is 0 Å². The molecule has 0 aromatic carbocycles. The number of hydrogen-bond donors (Lipinski definition) is 0. The first-order chi connectivity index (χ1) is 7.22. The van der Waals surface area contributed by atoms with Gasteiger partial charge in [-0.05, 0) is 13.8 Å². The van der Waals surface area contributed by atoms with E-state index in [1.807, 2.05) is 13.8 Å². The molecule has 0 unspecified atom stereocenters. The Morgan fingerprint density at radius 2 is 2.20 bits per heavy atom. The number of alkyl halides is 1. The van der Waals surface area contributed by atoms with Gasteiger partial charge in [0.2, 0.25) is 0 Å². The average molecular weight is 218 g/mol. The van der Waals surface area contributed by atoms with Gasteiger partial charge in [-0.15, -0.1) is 0 Å². The molecular weight excluding hydrogens is 199 g/mol. The Hall–Kier alpha value is -0.840. The third-order valence-corrected chi connectivity index (χ3v) is 2.62. The van der Waals surface area contributed by atoms with Crippen molar-refractivity contribution in [3.05, 3.63) is 0 Å². The maximum atomic E-state index is 12.4. The summed E-state index contributed by atoms with van der Waals surface area (Å²) in [6.45, 7) is 6.09. The summed E-state index contributed by atoms with van der Waals surface area (Å²) in [6, 6.07) is -0.0123. The van der Waals surface area contributed by atoms with Gasteiger partial charge in [0, 0.05) is 19.6 Å². The zero-order valence-electron chi connectivity index (χ0n) is 9.41. The van der Waals surface area contributed by atoms with E-state index in [4.69, 9.17) is 4.74 Å². The molecule has 0 aliphatic carbocycles. The molecule has 1 saturated heterocycles. The molecule has 4 nitrogen and oxygen atoms in total. The van der Waals surface area contributed by atoms with E-state index in [0.29, 0.717) is 32.8 Å². The van der Waals surface area contributed by atoms with Crippen LogP contribution in [0.25, 0.3) is 0 Å². The van der Waals surface area contributed by atoms with E-state index in [-0.39, 0.29) is 6.03 Å². The van der Waals surface area contributed by atoms with Gasteiger partial charge in [-0.3, -0.25) is 0 Å². The van der Waals surface area contributed by atoms with E-state index in [1.165, 1.54) is 0 Å². The van der Waals surface area contributed by atoms with Crippen LogP contribution in [0.3, 0.4) is 0 Å². The summed E-state index contributed by atoms with van der Waals surface area (Å²) in [6.07, 6.45) is -0.446. The molecule has 1 aliphatic rings. The van der Waals surface area contributed by atoms with E-state index in [1.54, 1.807) is 9.80 Å². The van der Waals surface area contributed by atoms with Crippen molar-refractivity contribution in [1.82, 2.24) is 9.80 Å². The molecule has 0 bridgehead atoms. The van der Waals surface area contributed by atoms with Crippen LogP contribution in [-0.4, -0.2) is 61.4 Å². The number of carbonyl (C=O) groups excluding carboxylic acids is 1. The second kappa shape index (κ2) is 5.90. The van der Waals surface area contributed by atoms with Crippen LogP contribution in [0.4, 0.5) is 9.18 Å². The number of carbonyl (C=O) groups is 1. The van der Waals surface area contributed by atoms with Crippen LogP contribution < -0.4 is 0 Å². The van der Waals surface area contributed by atoms with Gasteiger partial charge in [0.25, 0.3) is 0 Å². The minimum absolute atomic E-state index is 0.0123. The third kappa shape index (κ3) is 3.06. The van der Waals surface area contributed by atoms with Crippen molar-refractivity contribution in [1.29, 1.82) is 0 Å². The molecule has 1 rings (SSSR count). The lowest BCUT2D eigenvalue weighted by molar-refractivity contribution is -0.0291. The molecular formula is C10H19FN2O2. The van der Waals surface area contributed by atoms with Crippen molar-refractivity contribution in [3.8, 4) is 0 Å². The topological polar surface area (TPSA) is 32.8 Å². The Bertz CT molecular complexity index is 210. The van der Waals surface area contributed by atoms with Crippen LogP contribution in [0.15, 0.2) is 0 Å². The minimum atomic E-state index is -0.526. The summed E-state index contributed by atoms with van der Waals surface area (Å²) in [5.74, 6) is 0. The quantitative estimate of drug-likeness (QED) is 0.711. The first-order valence-electron chi connectivity index (χ1n) is 5.44. The van der Waals surface area contributed by atoms with Gasteiger partial charge in [-0.25, -0.2) is 9.18 Å². The molecule has 1 atom stereocenters. The maximum absolute atomic E-state index is 12.4. The van der Waals surface area contributed by atoms with Crippen molar-refractivity contribution in [2.75, 3.05) is 39.5 Å². The van der Waals surface area contributed by atoms with E-state index < -0.39 is 12.8 Å². The largest absolute Gasteiger partial charge is 0.372 e. The highest BCUT2D eigenvalue weighted by molar-refractivity contribution is 5.74. The molecule has 1 aliphatic heterocycles.